The highest BCUT2D eigenvalue weighted by molar-refractivity contribution is 7.92. The molecule has 0 heterocycles. The van der Waals surface area contributed by atoms with Crippen LogP contribution in [0.4, 0.5) is 5.69 Å². The first kappa shape index (κ1) is 17.4. The Morgan fingerprint density at radius 2 is 1.70 bits per heavy atom. The molecule has 0 aliphatic rings. The van der Waals surface area contributed by atoms with E-state index in [4.69, 9.17) is 21.1 Å². The van der Waals surface area contributed by atoms with Crippen molar-refractivity contribution in [1.82, 2.24) is 0 Å². The van der Waals surface area contributed by atoms with Crippen molar-refractivity contribution in [3.8, 4) is 11.5 Å². The number of rotatable bonds is 6. The molecule has 0 aromatic heterocycles. The summed E-state index contributed by atoms with van der Waals surface area (Å²) in [6.45, 7) is 1.93. The molecule has 2 aromatic rings. The van der Waals surface area contributed by atoms with Crippen LogP contribution in [0, 0.1) is 0 Å². The molecule has 1 N–H and O–H groups in total. The molecule has 0 aliphatic heterocycles. The summed E-state index contributed by atoms with van der Waals surface area (Å²) >= 11 is 5.93. The van der Waals surface area contributed by atoms with Gasteiger partial charge in [0.2, 0.25) is 0 Å². The molecular weight excluding hydrogens is 338 g/mol. The molecule has 0 radical (unpaired) electrons. The summed E-state index contributed by atoms with van der Waals surface area (Å²) in [4.78, 5) is 0.150. The molecule has 124 valence electrons. The van der Waals surface area contributed by atoms with E-state index in [9.17, 15) is 8.42 Å². The van der Waals surface area contributed by atoms with Crippen LogP contribution >= 0.6 is 11.6 Å². The Kier molecular flexibility index (Phi) is 5.38. The lowest BCUT2D eigenvalue weighted by atomic mass is 10.1. The zero-order valence-corrected chi connectivity index (χ0v) is 14.7. The van der Waals surface area contributed by atoms with Gasteiger partial charge in [-0.1, -0.05) is 18.5 Å². The van der Waals surface area contributed by atoms with Crippen molar-refractivity contribution in [2.75, 3.05) is 18.9 Å². The molecule has 5 nitrogen and oxygen atoms in total. The zero-order valence-electron chi connectivity index (χ0n) is 13.1. The minimum Gasteiger partial charge on any atom is -0.496 e. The van der Waals surface area contributed by atoms with Gasteiger partial charge in [0.25, 0.3) is 10.0 Å². The fourth-order valence-corrected chi connectivity index (χ4v) is 3.45. The molecule has 0 spiro atoms. The van der Waals surface area contributed by atoms with E-state index >= 15 is 0 Å². The number of hydrogen-bond donors (Lipinski definition) is 1. The number of anilines is 1. The molecule has 2 rings (SSSR count). The van der Waals surface area contributed by atoms with Crippen molar-refractivity contribution < 1.29 is 17.9 Å². The van der Waals surface area contributed by atoms with Gasteiger partial charge in [-0.15, -0.1) is 0 Å². The molecule has 0 atom stereocenters. The van der Waals surface area contributed by atoms with Crippen LogP contribution in [0.5, 0.6) is 11.5 Å². The SMILES string of the molecule is CCc1cc(S(=O)(=O)Nc2cc(Cl)ccc2OC)ccc1OC. The standard InChI is InChI=1S/C16H18ClNO4S/c1-4-11-9-13(6-8-15(11)21-2)23(19,20)18-14-10-12(17)5-7-16(14)22-3/h5-10,18H,4H2,1-3H3. The maximum Gasteiger partial charge on any atom is 0.262 e. The average Bonchev–Trinajstić information content (AvgIpc) is 2.54. The van der Waals surface area contributed by atoms with Crippen molar-refractivity contribution in [3.05, 3.63) is 47.0 Å². The maximum atomic E-state index is 12.6. The first-order chi connectivity index (χ1) is 10.9. The van der Waals surface area contributed by atoms with E-state index in [-0.39, 0.29) is 10.6 Å². The van der Waals surface area contributed by atoms with Gasteiger partial charge >= 0.3 is 0 Å². The van der Waals surface area contributed by atoms with Gasteiger partial charge in [-0.25, -0.2) is 8.42 Å². The summed E-state index contributed by atoms with van der Waals surface area (Å²) in [6, 6.07) is 9.47. The Morgan fingerprint density at radius 1 is 1.04 bits per heavy atom. The fourth-order valence-electron chi connectivity index (χ4n) is 2.16. The van der Waals surface area contributed by atoms with Gasteiger partial charge in [-0.2, -0.15) is 0 Å². The Labute approximate surface area is 141 Å². The number of hydrogen-bond acceptors (Lipinski definition) is 4. The van der Waals surface area contributed by atoms with E-state index < -0.39 is 10.0 Å². The smallest absolute Gasteiger partial charge is 0.262 e. The lowest BCUT2D eigenvalue weighted by Crippen LogP contribution is -2.14. The molecule has 0 bridgehead atoms. The largest absolute Gasteiger partial charge is 0.496 e. The van der Waals surface area contributed by atoms with Gasteiger partial charge in [0.05, 0.1) is 24.8 Å². The summed E-state index contributed by atoms with van der Waals surface area (Å²) in [7, 11) is -0.749. The average molecular weight is 356 g/mol. The summed E-state index contributed by atoms with van der Waals surface area (Å²) in [5.41, 5.74) is 1.10. The number of benzene rings is 2. The summed E-state index contributed by atoms with van der Waals surface area (Å²) in [5, 5.41) is 0.410. The zero-order chi connectivity index (χ0) is 17.0. The van der Waals surface area contributed by atoms with Crippen LogP contribution in [0.15, 0.2) is 41.3 Å². The fraction of sp³-hybridized carbons (Fsp3) is 0.250. The monoisotopic (exact) mass is 355 g/mol. The highest BCUT2D eigenvalue weighted by Gasteiger charge is 2.18. The van der Waals surface area contributed by atoms with Crippen LogP contribution in [-0.4, -0.2) is 22.6 Å². The van der Waals surface area contributed by atoms with Gasteiger partial charge in [0.1, 0.15) is 11.5 Å². The minimum absolute atomic E-state index is 0.150. The molecule has 2 aromatic carbocycles. The second kappa shape index (κ2) is 7.10. The quantitative estimate of drug-likeness (QED) is 0.857. The molecule has 0 amide bonds. The number of halogens is 1. The van der Waals surface area contributed by atoms with Crippen molar-refractivity contribution >= 4 is 27.3 Å². The third-order valence-corrected chi connectivity index (χ3v) is 4.95. The van der Waals surface area contributed by atoms with E-state index in [1.807, 2.05) is 6.92 Å². The first-order valence-corrected chi connectivity index (χ1v) is 8.80. The van der Waals surface area contributed by atoms with Crippen LogP contribution in [-0.2, 0) is 16.4 Å². The highest BCUT2D eigenvalue weighted by atomic mass is 35.5. The van der Waals surface area contributed by atoms with E-state index in [2.05, 4.69) is 4.72 Å². The Bertz CT molecular complexity index is 806. The second-order valence-electron chi connectivity index (χ2n) is 4.78. The number of methoxy groups -OCH3 is 2. The summed E-state index contributed by atoms with van der Waals surface area (Å²) in [5.74, 6) is 1.05. The summed E-state index contributed by atoms with van der Waals surface area (Å²) in [6.07, 6.45) is 0.660. The molecule has 0 aliphatic carbocycles. The van der Waals surface area contributed by atoms with Gasteiger partial charge in [-0.3, -0.25) is 4.72 Å². The van der Waals surface area contributed by atoms with E-state index in [1.54, 1.807) is 31.4 Å². The van der Waals surface area contributed by atoms with Gasteiger partial charge in [-0.05, 0) is 48.4 Å². The molecule has 0 fully saturated rings. The maximum absolute atomic E-state index is 12.6. The number of ether oxygens (including phenoxy) is 2. The lowest BCUT2D eigenvalue weighted by Gasteiger charge is -2.14. The normalized spacial score (nSPS) is 11.1. The topological polar surface area (TPSA) is 64.6 Å². The Balaban J connectivity index is 2.41. The predicted octanol–water partition coefficient (Wildman–Crippen LogP) is 3.72. The summed E-state index contributed by atoms with van der Waals surface area (Å²) < 4.78 is 38.1. The highest BCUT2D eigenvalue weighted by Crippen LogP contribution is 2.30. The van der Waals surface area contributed by atoms with Crippen LogP contribution < -0.4 is 14.2 Å². The molecule has 0 unspecified atom stereocenters. The van der Waals surface area contributed by atoms with Crippen LogP contribution in [0.3, 0.4) is 0 Å². The Hall–Kier alpha value is -1.92. The molecule has 7 heteroatoms. The molecule has 0 saturated heterocycles. The van der Waals surface area contributed by atoms with Gasteiger partial charge < -0.3 is 9.47 Å². The predicted molar refractivity (Wildman–Crippen MR) is 91.2 cm³/mol. The third kappa shape index (κ3) is 3.89. The van der Waals surface area contributed by atoms with E-state index in [0.717, 1.165) is 5.56 Å². The van der Waals surface area contributed by atoms with Crippen LogP contribution in [0.1, 0.15) is 12.5 Å². The molecule has 0 saturated carbocycles. The van der Waals surface area contributed by atoms with E-state index in [1.165, 1.54) is 19.2 Å². The second-order valence-corrected chi connectivity index (χ2v) is 6.90. The lowest BCUT2D eigenvalue weighted by molar-refractivity contribution is 0.409. The van der Waals surface area contributed by atoms with Crippen LogP contribution in [0.2, 0.25) is 5.02 Å². The number of sulfonamides is 1. The van der Waals surface area contributed by atoms with Crippen LogP contribution in [0.25, 0.3) is 0 Å². The molecular formula is C16H18ClNO4S. The van der Waals surface area contributed by atoms with Crippen molar-refractivity contribution in [2.24, 2.45) is 0 Å². The minimum atomic E-state index is -3.76. The number of aryl methyl sites for hydroxylation is 1. The Morgan fingerprint density at radius 3 is 2.30 bits per heavy atom. The van der Waals surface area contributed by atoms with Crippen molar-refractivity contribution in [2.45, 2.75) is 18.2 Å². The van der Waals surface area contributed by atoms with Crippen molar-refractivity contribution in [3.63, 3.8) is 0 Å². The van der Waals surface area contributed by atoms with Crippen molar-refractivity contribution in [1.29, 1.82) is 0 Å². The van der Waals surface area contributed by atoms with E-state index in [0.29, 0.717) is 22.9 Å². The number of nitrogens with one attached hydrogen (secondary N) is 1. The third-order valence-electron chi connectivity index (χ3n) is 3.35. The molecule has 23 heavy (non-hydrogen) atoms. The van der Waals surface area contributed by atoms with Gasteiger partial charge in [0, 0.05) is 5.02 Å². The first-order valence-electron chi connectivity index (χ1n) is 6.94. The van der Waals surface area contributed by atoms with Gasteiger partial charge in [0.15, 0.2) is 0 Å².